The Kier molecular flexibility index (Phi) is 1.98. The third-order valence-electron chi connectivity index (χ3n) is 1.29. The van der Waals surface area contributed by atoms with Crippen molar-refractivity contribution < 1.29 is 0 Å². The summed E-state index contributed by atoms with van der Waals surface area (Å²) in [5.74, 6) is 0. The normalized spacial score (nSPS) is 8.50. The number of benzene rings is 1. The zero-order chi connectivity index (χ0) is 7.40. The largest absolute Gasteiger partial charge is 0.241 e. The van der Waals surface area contributed by atoms with Crippen molar-refractivity contribution in [2.75, 3.05) is 0 Å². The molecule has 0 aliphatic heterocycles. The summed E-state index contributed by atoms with van der Waals surface area (Å²) in [4.78, 5) is 3.72. The topological polar surface area (TPSA) is 36.2 Å². The summed E-state index contributed by atoms with van der Waals surface area (Å²) in [6.07, 6.45) is 0. The highest BCUT2D eigenvalue weighted by Crippen LogP contribution is 2.15. The van der Waals surface area contributed by atoms with Gasteiger partial charge in [0.1, 0.15) is 0 Å². The first kappa shape index (κ1) is 6.72. The first-order chi connectivity index (χ1) is 4.84. The molecule has 1 aromatic rings. The molecule has 0 heterocycles. The predicted octanol–water partition coefficient (Wildman–Crippen LogP) is 2.38. The van der Waals surface area contributed by atoms with Gasteiger partial charge < -0.3 is 0 Å². The Morgan fingerprint density at radius 1 is 1.40 bits per heavy atom. The molecular weight excluding hydrogens is 124 g/mol. The van der Waals surface area contributed by atoms with Crippen LogP contribution in [0.2, 0.25) is 0 Å². The molecule has 1 N–H and O–H groups in total. The molecule has 1 aromatic carbocycles. The van der Waals surface area contributed by atoms with Crippen LogP contribution in [0.1, 0.15) is 5.56 Å². The van der Waals surface area contributed by atoms with Gasteiger partial charge in [0, 0.05) is 0 Å². The van der Waals surface area contributed by atoms with Crippen molar-refractivity contribution in [3.63, 3.8) is 0 Å². The summed E-state index contributed by atoms with van der Waals surface area (Å²) in [7, 11) is 0. The van der Waals surface area contributed by atoms with Crippen molar-refractivity contribution in [1.82, 2.24) is 0 Å². The van der Waals surface area contributed by atoms with E-state index in [1.165, 1.54) is 0 Å². The van der Waals surface area contributed by atoms with Crippen LogP contribution in [0.3, 0.4) is 0 Å². The standard InChI is InChI=1S/C8H8N2/c1-7-4-2-3-5-8(7)10-6-9/h2-5,9H,1H3. The van der Waals surface area contributed by atoms with E-state index >= 15 is 0 Å². The monoisotopic (exact) mass is 132 g/mol. The molecule has 0 atom stereocenters. The van der Waals surface area contributed by atoms with Gasteiger partial charge in [-0.1, -0.05) is 18.2 Å². The Hall–Kier alpha value is -1.40. The minimum atomic E-state index is 0.817. The van der Waals surface area contributed by atoms with Crippen molar-refractivity contribution in [1.29, 1.82) is 5.41 Å². The van der Waals surface area contributed by atoms with E-state index in [0.29, 0.717) is 0 Å². The molecule has 0 saturated heterocycles. The third-order valence-corrected chi connectivity index (χ3v) is 1.29. The van der Waals surface area contributed by atoms with Crippen LogP contribution in [-0.4, -0.2) is 6.01 Å². The number of hydrogen-bond acceptors (Lipinski definition) is 2. The number of nitrogens with one attached hydrogen (secondary N) is 1. The maximum atomic E-state index is 6.62. The van der Waals surface area contributed by atoms with Gasteiger partial charge in [-0.25, -0.2) is 5.41 Å². The number of para-hydroxylation sites is 1. The fourth-order valence-electron chi connectivity index (χ4n) is 0.749. The lowest BCUT2D eigenvalue weighted by Crippen LogP contribution is -1.70. The van der Waals surface area contributed by atoms with E-state index in [2.05, 4.69) is 4.99 Å². The van der Waals surface area contributed by atoms with Gasteiger partial charge >= 0.3 is 0 Å². The highest BCUT2D eigenvalue weighted by molar-refractivity contribution is 5.53. The molecule has 0 radical (unpaired) electrons. The fraction of sp³-hybridized carbons (Fsp3) is 0.125. The first-order valence-electron chi connectivity index (χ1n) is 3.02. The lowest BCUT2D eigenvalue weighted by molar-refractivity contribution is 1.39. The van der Waals surface area contributed by atoms with E-state index in [4.69, 9.17) is 5.41 Å². The second-order valence-electron chi connectivity index (χ2n) is 2.01. The van der Waals surface area contributed by atoms with Crippen molar-refractivity contribution in [2.45, 2.75) is 6.92 Å². The smallest absolute Gasteiger partial charge is 0.0918 e. The zero-order valence-electron chi connectivity index (χ0n) is 5.76. The second kappa shape index (κ2) is 2.95. The van der Waals surface area contributed by atoms with Crippen molar-refractivity contribution in [3.8, 4) is 0 Å². The SMILES string of the molecule is Cc1ccccc1N=C=N. The zero-order valence-corrected chi connectivity index (χ0v) is 5.76. The van der Waals surface area contributed by atoms with E-state index in [0.717, 1.165) is 11.3 Å². The Morgan fingerprint density at radius 2 is 2.10 bits per heavy atom. The summed E-state index contributed by atoms with van der Waals surface area (Å²) >= 11 is 0. The molecule has 0 amide bonds. The molecule has 2 nitrogen and oxygen atoms in total. The fourth-order valence-corrected chi connectivity index (χ4v) is 0.749. The molecule has 0 aliphatic carbocycles. The van der Waals surface area contributed by atoms with Gasteiger partial charge in [0.25, 0.3) is 0 Å². The summed E-state index contributed by atoms with van der Waals surface area (Å²) in [6.45, 7) is 1.95. The Bertz CT molecular complexity index is 272. The van der Waals surface area contributed by atoms with Gasteiger partial charge in [-0.15, -0.1) is 0 Å². The molecule has 2 heteroatoms. The predicted molar refractivity (Wildman–Crippen MR) is 41.0 cm³/mol. The molecule has 10 heavy (non-hydrogen) atoms. The van der Waals surface area contributed by atoms with E-state index in [1.54, 1.807) is 0 Å². The number of aryl methyl sites for hydroxylation is 1. The highest BCUT2D eigenvalue weighted by Gasteiger charge is 1.89. The van der Waals surface area contributed by atoms with Crippen LogP contribution in [-0.2, 0) is 0 Å². The third kappa shape index (κ3) is 1.30. The van der Waals surface area contributed by atoms with Crippen molar-refractivity contribution in [2.24, 2.45) is 4.99 Å². The number of aliphatic imine (C=N–C) groups is 1. The van der Waals surface area contributed by atoms with Gasteiger partial charge in [-0.3, -0.25) is 0 Å². The first-order valence-corrected chi connectivity index (χ1v) is 3.02. The molecule has 0 aromatic heterocycles. The van der Waals surface area contributed by atoms with Crippen LogP contribution in [0.25, 0.3) is 0 Å². The highest BCUT2D eigenvalue weighted by atomic mass is 14.7. The number of rotatable bonds is 1. The van der Waals surface area contributed by atoms with E-state index in [-0.39, 0.29) is 0 Å². The van der Waals surface area contributed by atoms with E-state index in [1.807, 2.05) is 37.2 Å². The van der Waals surface area contributed by atoms with Crippen molar-refractivity contribution >= 4 is 11.7 Å². The molecule has 0 aliphatic rings. The molecule has 0 saturated carbocycles. The van der Waals surface area contributed by atoms with Crippen LogP contribution >= 0.6 is 0 Å². The Morgan fingerprint density at radius 3 is 2.70 bits per heavy atom. The van der Waals surface area contributed by atoms with Crippen LogP contribution in [0.4, 0.5) is 5.69 Å². The quantitative estimate of drug-likeness (QED) is 0.569. The van der Waals surface area contributed by atoms with Crippen LogP contribution < -0.4 is 0 Å². The van der Waals surface area contributed by atoms with Gasteiger partial charge in [-0.2, -0.15) is 4.99 Å². The summed E-state index contributed by atoms with van der Waals surface area (Å²) in [6, 6.07) is 9.65. The molecular formula is C8H8N2. The van der Waals surface area contributed by atoms with Gasteiger partial charge in [0.15, 0.2) is 0 Å². The summed E-state index contributed by atoms with van der Waals surface area (Å²) in [5, 5.41) is 6.62. The molecule has 0 unspecified atom stereocenters. The summed E-state index contributed by atoms with van der Waals surface area (Å²) in [5.41, 5.74) is 1.89. The van der Waals surface area contributed by atoms with E-state index in [9.17, 15) is 0 Å². The van der Waals surface area contributed by atoms with Crippen LogP contribution in [0, 0.1) is 12.3 Å². The number of nitrogens with zero attached hydrogens (tertiary/aromatic N) is 1. The summed E-state index contributed by atoms with van der Waals surface area (Å²) < 4.78 is 0. The average molecular weight is 132 g/mol. The van der Waals surface area contributed by atoms with Gasteiger partial charge in [0.2, 0.25) is 0 Å². The molecule has 50 valence electrons. The second-order valence-corrected chi connectivity index (χ2v) is 2.01. The lowest BCUT2D eigenvalue weighted by Gasteiger charge is -1.93. The molecule has 1 rings (SSSR count). The molecule has 0 spiro atoms. The average Bonchev–Trinajstić information content (AvgIpc) is 1.94. The minimum absolute atomic E-state index is 0.817. The lowest BCUT2D eigenvalue weighted by atomic mass is 10.2. The van der Waals surface area contributed by atoms with Crippen LogP contribution in [0.5, 0.6) is 0 Å². The maximum Gasteiger partial charge on any atom is 0.0918 e. The minimum Gasteiger partial charge on any atom is -0.241 e. The van der Waals surface area contributed by atoms with Crippen molar-refractivity contribution in [3.05, 3.63) is 29.8 Å². The van der Waals surface area contributed by atoms with E-state index < -0.39 is 0 Å². The van der Waals surface area contributed by atoms with Gasteiger partial charge in [0.05, 0.1) is 11.7 Å². The Balaban J connectivity index is 3.14. The Labute approximate surface area is 59.7 Å². The maximum absolute atomic E-state index is 6.62. The van der Waals surface area contributed by atoms with Crippen LogP contribution in [0.15, 0.2) is 29.3 Å². The molecule has 0 fully saturated rings. The molecule has 0 bridgehead atoms. The number of hydrogen-bond donors (Lipinski definition) is 1. The van der Waals surface area contributed by atoms with Gasteiger partial charge in [-0.05, 0) is 18.6 Å².